The first-order valence-corrected chi connectivity index (χ1v) is 14.4. The number of esters is 1. The molecule has 6 nitrogen and oxygen atoms in total. The Balaban J connectivity index is 1.41. The van der Waals surface area contributed by atoms with Crippen LogP contribution in [0.4, 0.5) is 0 Å². The van der Waals surface area contributed by atoms with Crippen LogP contribution in [0.15, 0.2) is 0 Å². The molecule has 0 aromatic carbocycles. The van der Waals surface area contributed by atoms with Gasteiger partial charge < -0.3 is 20.1 Å². The summed E-state index contributed by atoms with van der Waals surface area (Å²) in [5.74, 6) is 2.15. The zero-order valence-corrected chi connectivity index (χ0v) is 22.8. The van der Waals surface area contributed by atoms with Crippen molar-refractivity contribution >= 4 is 5.97 Å². The Kier molecular flexibility index (Phi) is 8.27. The Bertz CT molecular complexity index is 747. The van der Waals surface area contributed by atoms with Crippen molar-refractivity contribution in [3.63, 3.8) is 0 Å². The van der Waals surface area contributed by atoms with Gasteiger partial charge in [0.1, 0.15) is 0 Å². The lowest BCUT2D eigenvalue weighted by Gasteiger charge is -2.63. The van der Waals surface area contributed by atoms with Gasteiger partial charge in [-0.3, -0.25) is 9.69 Å². The van der Waals surface area contributed by atoms with Gasteiger partial charge in [0.2, 0.25) is 0 Å². The smallest absolute Gasteiger partial charge is 0.320 e. The van der Waals surface area contributed by atoms with Crippen LogP contribution < -0.4 is 0 Å². The van der Waals surface area contributed by atoms with E-state index in [0.717, 1.165) is 64.3 Å². The zero-order valence-electron chi connectivity index (χ0n) is 22.8. The summed E-state index contributed by atoms with van der Waals surface area (Å²) in [5.41, 5.74) is -0.0194. The van der Waals surface area contributed by atoms with Crippen molar-refractivity contribution in [2.45, 2.75) is 104 Å². The van der Waals surface area contributed by atoms with Crippen molar-refractivity contribution in [2.75, 3.05) is 26.7 Å². The van der Waals surface area contributed by atoms with Crippen LogP contribution in [-0.4, -0.2) is 71.2 Å². The second-order valence-corrected chi connectivity index (χ2v) is 13.2. The predicted octanol–water partition coefficient (Wildman–Crippen LogP) is 3.86. The molecular formula is C29H51NO5. The van der Waals surface area contributed by atoms with Crippen LogP contribution >= 0.6 is 0 Å². The van der Waals surface area contributed by atoms with Crippen LogP contribution in [0.3, 0.4) is 0 Å². The van der Waals surface area contributed by atoms with E-state index >= 15 is 0 Å². The molecule has 0 radical (unpaired) electrons. The lowest BCUT2D eigenvalue weighted by Crippen LogP contribution is -2.62. The number of hydrogen-bond donors (Lipinski definition) is 3. The molecule has 4 fully saturated rings. The average Bonchev–Trinajstić information content (AvgIpc) is 3.14. The van der Waals surface area contributed by atoms with E-state index in [-0.39, 0.29) is 41.0 Å². The van der Waals surface area contributed by atoms with E-state index in [1.165, 1.54) is 0 Å². The van der Waals surface area contributed by atoms with E-state index in [2.05, 4.69) is 20.8 Å². The number of hydrogen-bond acceptors (Lipinski definition) is 6. The van der Waals surface area contributed by atoms with Gasteiger partial charge in [0, 0.05) is 0 Å². The summed E-state index contributed by atoms with van der Waals surface area (Å²) in [6.07, 6.45) is 7.75. The molecular weight excluding hydrogens is 442 g/mol. The number of ether oxygens (including phenoxy) is 1. The van der Waals surface area contributed by atoms with Gasteiger partial charge in [0.15, 0.2) is 0 Å². The Hall–Kier alpha value is -0.690. The fraction of sp³-hybridized carbons (Fsp3) is 0.966. The third-order valence-corrected chi connectivity index (χ3v) is 11.4. The number of rotatable bonds is 8. The molecule has 4 aliphatic carbocycles. The molecule has 0 aromatic rings. The molecule has 0 bridgehead atoms. The zero-order chi connectivity index (χ0) is 25.5. The van der Waals surface area contributed by atoms with Crippen molar-refractivity contribution in [3.8, 4) is 0 Å². The molecule has 3 N–H and O–H groups in total. The molecule has 0 heterocycles. The number of fused-ring (bicyclic) bond motifs is 5. The molecule has 35 heavy (non-hydrogen) atoms. The van der Waals surface area contributed by atoms with Crippen LogP contribution in [0.1, 0.15) is 85.5 Å². The molecule has 202 valence electrons. The first-order chi connectivity index (χ1) is 16.5. The number of carbonyl (C=O) groups excluding carboxylic acids is 1. The van der Waals surface area contributed by atoms with Crippen LogP contribution in [0.5, 0.6) is 0 Å². The SMILES string of the molecule is CCOC(=O)CN(C)CCC[C@@H](C)[C@H]1CC[C@H]2[C@@H]3[C@H](O)C[C@@H]4C[C@H](O)CC[C@]4(C)[C@H]3C[C@H](O)[C@]12C. The number of aliphatic hydroxyl groups excluding tert-OH is 3. The van der Waals surface area contributed by atoms with Crippen molar-refractivity contribution in [2.24, 2.45) is 46.3 Å². The second kappa shape index (κ2) is 10.6. The third kappa shape index (κ3) is 4.94. The van der Waals surface area contributed by atoms with Crippen molar-refractivity contribution < 1.29 is 24.9 Å². The number of aliphatic hydroxyl groups is 3. The minimum atomic E-state index is -0.329. The van der Waals surface area contributed by atoms with Gasteiger partial charge in [-0.1, -0.05) is 20.8 Å². The first kappa shape index (κ1) is 27.3. The third-order valence-electron chi connectivity index (χ3n) is 11.4. The van der Waals surface area contributed by atoms with Gasteiger partial charge in [-0.15, -0.1) is 0 Å². The first-order valence-electron chi connectivity index (χ1n) is 14.4. The van der Waals surface area contributed by atoms with Gasteiger partial charge in [-0.25, -0.2) is 0 Å². The Labute approximate surface area is 212 Å². The molecule has 11 atom stereocenters. The van der Waals surface area contributed by atoms with Gasteiger partial charge in [0.05, 0.1) is 31.5 Å². The summed E-state index contributed by atoms with van der Waals surface area (Å²) in [4.78, 5) is 13.8. The summed E-state index contributed by atoms with van der Waals surface area (Å²) in [7, 11) is 1.97. The van der Waals surface area contributed by atoms with Crippen LogP contribution in [-0.2, 0) is 9.53 Å². The van der Waals surface area contributed by atoms with Gasteiger partial charge in [-0.05, 0) is 125 Å². The minimum Gasteiger partial charge on any atom is -0.465 e. The molecule has 0 spiro atoms. The summed E-state index contributed by atoms with van der Waals surface area (Å²) in [5, 5.41) is 33.4. The number of carbonyl (C=O) groups is 1. The number of likely N-dealkylation sites (N-methyl/N-ethyl adjacent to an activating group) is 1. The highest BCUT2D eigenvalue weighted by Crippen LogP contribution is 2.68. The van der Waals surface area contributed by atoms with Crippen molar-refractivity contribution in [1.29, 1.82) is 0 Å². The molecule has 4 saturated carbocycles. The van der Waals surface area contributed by atoms with E-state index in [4.69, 9.17) is 4.74 Å². The highest BCUT2D eigenvalue weighted by Gasteiger charge is 2.65. The lowest BCUT2D eigenvalue weighted by atomic mass is 9.43. The molecule has 6 heteroatoms. The molecule has 0 saturated heterocycles. The van der Waals surface area contributed by atoms with Gasteiger partial charge in [-0.2, -0.15) is 0 Å². The van der Waals surface area contributed by atoms with E-state index in [1.807, 2.05) is 18.9 Å². The molecule has 0 unspecified atom stereocenters. The highest BCUT2D eigenvalue weighted by molar-refractivity contribution is 5.71. The second-order valence-electron chi connectivity index (χ2n) is 13.2. The highest BCUT2D eigenvalue weighted by atomic mass is 16.5. The minimum absolute atomic E-state index is 0.124. The Morgan fingerprint density at radius 1 is 1.09 bits per heavy atom. The quantitative estimate of drug-likeness (QED) is 0.445. The molecule has 0 aliphatic heterocycles. The molecule has 4 rings (SSSR count). The molecule has 0 aromatic heterocycles. The summed E-state index contributed by atoms with van der Waals surface area (Å²) < 4.78 is 5.06. The average molecular weight is 494 g/mol. The fourth-order valence-corrected chi connectivity index (χ4v) is 9.52. The number of nitrogens with zero attached hydrogens (tertiary/aromatic N) is 1. The fourth-order valence-electron chi connectivity index (χ4n) is 9.52. The largest absolute Gasteiger partial charge is 0.465 e. The normalized spacial score (nSPS) is 46.0. The molecule has 4 aliphatic rings. The van der Waals surface area contributed by atoms with E-state index in [9.17, 15) is 20.1 Å². The van der Waals surface area contributed by atoms with Crippen LogP contribution in [0.25, 0.3) is 0 Å². The van der Waals surface area contributed by atoms with E-state index in [0.29, 0.717) is 42.7 Å². The maximum atomic E-state index is 11.7. The van der Waals surface area contributed by atoms with Gasteiger partial charge in [0.25, 0.3) is 0 Å². The summed E-state index contributed by atoms with van der Waals surface area (Å²) in [6.45, 7) is 10.5. The summed E-state index contributed by atoms with van der Waals surface area (Å²) >= 11 is 0. The molecule has 0 amide bonds. The topological polar surface area (TPSA) is 90.2 Å². The van der Waals surface area contributed by atoms with Gasteiger partial charge >= 0.3 is 5.97 Å². The van der Waals surface area contributed by atoms with Crippen LogP contribution in [0, 0.1) is 46.3 Å². The van der Waals surface area contributed by atoms with Crippen LogP contribution in [0.2, 0.25) is 0 Å². The lowest BCUT2D eigenvalue weighted by molar-refractivity contribution is -0.207. The summed E-state index contributed by atoms with van der Waals surface area (Å²) in [6, 6.07) is 0. The van der Waals surface area contributed by atoms with E-state index in [1.54, 1.807) is 0 Å². The van der Waals surface area contributed by atoms with E-state index < -0.39 is 0 Å². The Morgan fingerprint density at radius 2 is 1.83 bits per heavy atom. The maximum Gasteiger partial charge on any atom is 0.320 e. The monoisotopic (exact) mass is 493 g/mol. The Morgan fingerprint density at radius 3 is 2.54 bits per heavy atom. The predicted molar refractivity (Wildman–Crippen MR) is 137 cm³/mol. The van der Waals surface area contributed by atoms with Crippen molar-refractivity contribution in [3.05, 3.63) is 0 Å². The maximum absolute atomic E-state index is 11.7. The van der Waals surface area contributed by atoms with Crippen molar-refractivity contribution in [1.82, 2.24) is 4.90 Å². The standard InChI is InChI=1S/C29H51NO5/c1-6-35-26(34)17-30(5)13-7-8-18(2)21-9-10-22-27-23(16-25(33)29(21,22)4)28(3)12-11-20(31)14-19(28)15-24(27)32/h18-25,27,31-33H,6-17H2,1-5H3/t18-,19+,20-,21-,22+,23+,24-,25+,27+,28+,29-/m1/s1.